The van der Waals surface area contributed by atoms with Crippen molar-refractivity contribution >= 4 is 33.4 Å². The van der Waals surface area contributed by atoms with Crippen LogP contribution in [-0.2, 0) is 0 Å². The third kappa shape index (κ3) is 3.23. The van der Waals surface area contributed by atoms with E-state index in [9.17, 15) is 9.18 Å². The molecule has 1 aromatic rings. The predicted octanol–water partition coefficient (Wildman–Crippen LogP) is 3.73. The molecule has 98 valence electrons. The zero-order valence-corrected chi connectivity index (χ0v) is 12.2. The Morgan fingerprint density at radius 1 is 1.50 bits per heavy atom. The fraction of sp³-hybridized carbons (Fsp3) is 0.462. The van der Waals surface area contributed by atoms with Gasteiger partial charge in [-0.3, -0.25) is 4.79 Å². The monoisotopic (exact) mass is 333 g/mol. The van der Waals surface area contributed by atoms with Crippen LogP contribution in [0.1, 0.15) is 29.6 Å². The van der Waals surface area contributed by atoms with Crippen molar-refractivity contribution in [2.75, 3.05) is 12.4 Å². The van der Waals surface area contributed by atoms with Crippen molar-refractivity contribution in [2.45, 2.75) is 19.3 Å². The van der Waals surface area contributed by atoms with Gasteiger partial charge in [-0.05, 0) is 42.9 Å². The number of hydrogen-bond acceptors (Lipinski definition) is 1. The van der Waals surface area contributed by atoms with Crippen LogP contribution in [0.15, 0.2) is 22.7 Å². The largest absolute Gasteiger partial charge is 0.351 e. The van der Waals surface area contributed by atoms with Crippen LogP contribution in [0.2, 0.25) is 0 Å². The van der Waals surface area contributed by atoms with E-state index in [2.05, 4.69) is 21.2 Å². The summed E-state index contributed by atoms with van der Waals surface area (Å²) in [6.45, 7) is 0.574. The van der Waals surface area contributed by atoms with Gasteiger partial charge in [-0.15, -0.1) is 11.6 Å². The number of hydrogen-bond donors (Lipinski definition) is 1. The number of alkyl halides is 1. The second kappa shape index (κ2) is 5.57. The summed E-state index contributed by atoms with van der Waals surface area (Å²) in [7, 11) is 0. The zero-order valence-electron chi connectivity index (χ0n) is 9.81. The van der Waals surface area contributed by atoms with E-state index in [0.29, 0.717) is 16.9 Å². The molecule has 1 aliphatic carbocycles. The Labute approximate surface area is 119 Å². The van der Waals surface area contributed by atoms with Gasteiger partial charge in [0.05, 0.1) is 5.56 Å². The van der Waals surface area contributed by atoms with Crippen molar-refractivity contribution in [3.05, 3.63) is 34.1 Å². The van der Waals surface area contributed by atoms with E-state index in [-0.39, 0.29) is 16.9 Å². The first-order valence-electron chi connectivity index (χ1n) is 5.86. The molecule has 1 aliphatic rings. The molecule has 0 atom stereocenters. The number of rotatable bonds is 5. The molecule has 1 aromatic carbocycles. The summed E-state index contributed by atoms with van der Waals surface area (Å²) in [6, 6.07) is 4.35. The average molecular weight is 335 g/mol. The number of nitrogens with one attached hydrogen (secondary N) is 1. The molecule has 1 N–H and O–H groups in total. The topological polar surface area (TPSA) is 29.1 Å². The van der Waals surface area contributed by atoms with Gasteiger partial charge < -0.3 is 5.32 Å². The number of carbonyl (C=O) groups excluding carboxylic acids is 1. The van der Waals surface area contributed by atoms with Gasteiger partial charge in [0, 0.05) is 16.9 Å². The molecule has 2 rings (SSSR count). The lowest BCUT2D eigenvalue weighted by Crippen LogP contribution is -2.31. The molecule has 0 aliphatic heterocycles. The average Bonchev–Trinajstić information content (AvgIpc) is 3.10. The molecule has 0 heterocycles. The maximum absolute atomic E-state index is 13.5. The minimum Gasteiger partial charge on any atom is -0.351 e. The van der Waals surface area contributed by atoms with Gasteiger partial charge in [0.25, 0.3) is 5.91 Å². The van der Waals surface area contributed by atoms with E-state index < -0.39 is 5.82 Å². The molecule has 0 radical (unpaired) electrons. The molecular formula is C13H14BrClFNO. The molecule has 0 spiro atoms. The van der Waals surface area contributed by atoms with Crippen LogP contribution < -0.4 is 5.32 Å². The van der Waals surface area contributed by atoms with Crippen molar-refractivity contribution in [2.24, 2.45) is 5.41 Å². The van der Waals surface area contributed by atoms with Gasteiger partial charge in [0.1, 0.15) is 5.82 Å². The quantitative estimate of drug-likeness (QED) is 0.817. The van der Waals surface area contributed by atoms with Crippen molar-refractivity contribution in [1.82, 2.24) is 5.32 Å². The highest BCUT2D eigenvalue weighted by Gasteiger charge is 2.41. The Kier molecular flexibility index (Phi) is 4.28. The van der Waals surface area contributed by atoms with Crippen LogP contribution in [0.4, 0.5) is 4.39 Å². The molecule has 18 heavy (non-hydrogen) atoms. The first-order valence-corrected chi connectivity index (χ1v) is 7.18. The van der Waals surface area contributed by atoms with Crippen LogP contribution in [0.3, 0.4) is 0 Å². The van der Waals surface area contributed by atoms with Crippen LogP contribution in [0, 0.1) is 11.2 Å². The normalized spacial score (nSPS) is 16.4. The Morgan fingerprint density at radius 3 is 2.83 bits per heavy atom. The third-order valence-electron chi connectivity index (χ3n) is 3.38. The second-order valence-corrected chi connectivity index (χ2v) is 6.04. The summed E-state index contributed by atoms with van der Waals surface area (Å²) in [5, 5.41) is 2.80. The Morgan fingerprint density at radius 2 is 2.22 bits per heavy atom. The number of carbonyl (C=O) groups is 1. The fourth-order valence-corrected chi connectivity index (χ4v) is 2.69. The van der Waals surface area contributed by atoms with E-state index in [1.807, 2.05) is 0 Å². The molecule has 0 unspecified atom stereocenters. The fourth-order valence-electron chi connectivity index (χ4n) is 1.93. The zero-order chi connectivity index (χ0) is 13.2. The van der Waals surface area contributed by atoms with Crippen LogP contribution in [-0.4, -0.2) is 18.3 Å². The van der Waals surface area contributed by atoms with Crippen molar-refractivity contribution in [3.8, 4) is 0 Å². The highest BCUT2D eigenvalue weighted by Crippen LogP contribution is 2.48. The molecule has 0 bridgehead atoms. The highest BCUT2D eigenvalue weighted by atomic mass is 79.9. The van der Waals surface area contributed by atoms with Crippen molar-refractivity contribution in [3.63, 3.8) is 0 Å². The molecule has 5 heteroatoms. The lowest BCUT2D eigenvalue weighted by atomic mass is 10.0. The number of amides is 1. The molecule has 0 aromatic heterocycles. The van der Waals surface area contributed by atoms with E-state index in [4.69, 9.17) is 11.6 Å². The lowest BCUT2D eigenvalue weighted by Gasteiger charge is -2.14. The lowest BCUT2D eigenvalue weighted by molar-refractivity contribution is 0.0940. The van der Waals surface area contributed by atoms with Gasteiger partial charge in [0.15, 0.2) is 0 Å². The molecule has 0 saturated heterocycles. The van der Waals surface area contributed by atoms with Gasteiger partial charge in [-0.1, -0.05) is 15.9 Å². The third-order valence-corrected chi connectivity index (χ3v) is 4.06. The summed E-state index contributed by atoms with van der Waals surface area (Å²) in [6.07, 6.45) is 3.07. The van der Waals surface area contributed by atoms with E-state index in [1.165, 1.54) is 12.1 Å². The summed E-state index contributed by atoms with van der Waals surface area (Å²) < 4.78 is 14.2. The number of benzene rings is 1. The maximum Gasteiger partial charge on any atom is 0.254 e. The highest BCUT2D eigenvalue weighted by molar-refractivity contribution is 9.10. The molecule has 1 saturated carbocycles. The van der Waals surface area contributed by atoms with Crippen LogP contribution in [0.5, 0.6) is 0 Å². The first-order chi connectivity index (χ1) is 8.56. The Bertz CT molecular complexity index is 462. The maximum atomic E-state index is 13.5. The van der Waals surface area contributed by atoms with Gasteiger partial charge in [-0.25, -0.2) is 4.39 Å². The smallest absolute Gasteiger partial charge is 0.254 e. The van der Waals surface area contributed by atoms with Crippen LogP contribution in [0.25, 0.3) is 0 Å². The minimum atomic E-state index is -0.502. The van der Waals surface area contributed by atoms with Gasteiger partial charge >= 0.3 is 0 Å². The standard InChI is InChI=1S/C13H14BrClFNO/c14-9-1-2-11(16)10(7-9)12(18)17-8-13(3-4-13)5-6-15/h1-2,7H,3-6,8H2,(H,17,18). The Hall–Kier alpha value is -0.610. The van der Waals surface area contributed by atoms with Crippen LogP contribution >= 0.6 is 27.5 Å². The minimum absolute atomic E-state index is 0.0750. The molecular weight excluding hydrogens is 321 g/mol. The molecule has 2 nitrogen and oxygen atoms in total. The summed E-state index contributed by atoms with van der Waals surface area (Å²) >= 11 is 8.95. The van der Waals surface area contributed by atoms with Gasteiger partial charge in [-0.2, -0.15) is 0 Å². The van der Waals surface area contributed by atoms with Gasteiger partial charge in [0.2, 0.25) is 0 Å². The van der Waals surface area contributed by atoms with E-state index in [1.54, 1.807) is 6.07 Å². The molecule has 1 fully saturated rings. The predicted molar refractivity (Wildman–Crippen MR) is 73.4 cm³/mol. The summed E-state index contributed by atoms with van der Waals surface area (Å²) in [4.78, 5) is 11.9. The van der Waals surface area contributed by atoms with E-state index >= 15 is 0 Å². The molecule has 1 amide bonds. The summed E-state index contributed by atoms with van der Waals surface area (Å²) in [5.74, 6) is -0.270. The van der Waals surface area contributed by atoms with Crippen molar-refractivity contribution < 1.29 is 9.18 Å². The first kappa shape index (κ1) is 13.8. The van der Waals surface area contributed by atoms with E-state index in [0.717, 1.165) is 19.3 Å². The SMILES string of the molecule is O=C(NCC1(CCCl)CC1)c1cc(Br)ccc1F. The summed E-state index contributed by atoms with van der Waals surface area (Å²) in [5.41, 5.74) is 0.228. The number of halogens is 3. The van der Waals surface area contributed by atoms with Crippen molar-refractivity contribution in [1.29, 1.82) is 0 Å². The Balaban J connectivity index is 1.98. The second-order valence-electron chi connectivity index (χ2n) is 4.75.